The number of rotatable bonds is 3. The minimum absolute atomic E-state index is 0.655. The van der Waals surface area contributed by atoms with E-state index in [-0.39, 0.29) is 0 Å². The van der Waals surface area contributed by atoms with Crippen LogP contribution >= 0.6 is 0 Å². The van der Waals surface area contributed by atoms with Crippen LogP contribution in [0.15, 0.2) is 40.7 Å². The molecular weight excluding hydrogens is 160 g/mol. The number of hydrogen-bond donors (Lipinski definition) is 0. The molecule has 0 fully saturated rings. The van der Waals surface area contributed by atoms with E-state index in [1.807, 2.05) is 19.1 Å². The van der Waals surface area contributed by atoms with E-state index in [0.29, 0.717) is 5.57 Å². The monoisotopic (exact) mass is 174 g/mol. The Morgan fingerprint density at radius 1 is 1.54 bits per heavy atom. The maximum atomic E-state index is 10.6. The van der Waals surface area contributed by atoms with E-state index in [0.717, 1.165) is 24.7 Å². The average molecular weight is 174 g/mol. The second-order valence-corrected chi connectivity index (χ2v) is 3.16. The van der Waals surface area contributed by atoms with Gasteiger partial charge in [0.05, 0.1) is 5.57 Å². The molecule has 68 valence electrons. The van der Waals surface area contributed by atoms with Gasteiger partial charge < -0.3 is 0 Å². The van der Waals surface area contributed by atoms with Gasteiger partial charge in [0, 0.05) is 0 Å². The van der Waals surface area contributed by atoms with Gasteiger partial charge in [-0.2, -0.15) is 0 Å². The lowest BCUT2D eigenvalue weighted by Gasteiger charge is -1.99. The molecule has 0 aliphatic heterocycles. The van der Waals surface area contributed by atoms with Crippen molar-refractivity contribution in [2.75, 3.05) is 0 Å². The predicted molar refractivity (Wildman–Crippen MR) is 54.4 cm³/mol. The van der Waals surface area contributed by atoms with Gasteiger partial charge >= 0.3 is 0 Å². The summed E-state index contributed by atoms with van der Waals surface area (Å²) in [5.41, 5.74) is 5.87. The Kier molecular flexibility index (Phi) is 3.48. The zero-order valence-corrected chi connectivity index (χ0v) is 8.13. The molecule has 1 heteroatoms. The molecular formula is C12H14O. The van der Waals surface area contributed by atoms with Crippen LogP contribution in [-0.4, -0.2) is 6.29 Å². The molecule has 1 rings (SSSR count). The highest BCUT2D eigenvalue weighted by molar-refractivity contribution is 5.80. The average Bonchev–Trinajstić information content (AvgIpc) is 2.28. The van der Waals surface area contributed by atoms with Crippen molar-refractivity contribution in [3.8, 4) is 0 Å². The minimum atomic E-state index is 0.655. The van der Waals surface area contributed by atoms with Gasteiger partial charge in [-0.15, -0.1) is 5.73 Å². The lowest BCUT2D eigenvalue weighted by atomic mass is 10.1. The van der Waals surface area contributed by atoms with Crippen molar-refractivity contribution in [1.29, 1.82) is 0 Å². The Bertz CT molecular complexity index is 323. The lowest BCUT2D eigenvalue weighted by molar-refractivity contribution is -0.104. The Morgan fingerprint density at radius 3 is 2.92 bits per heavy atom. The Balaban J connectivity index is 2.93. The summed E-state index contributed by atoms with van der Waals surface area (Å²) in [6.07, 6.45) is 8.93. The lowest BCUT2D eigenvalue weighted by Crippen LogP contribution is -1.85. The normalized spacial score (nSPS) is 15.7. The fourth-order valence-electron chi connectivity index (χ4n) is 1.33. The van der Waals surface area contributed by atoms with Crippen LogP contribution in [0.25, 0.3) is 0 Å². The third-order valence-corrected chi connectivity index (χ3v) is 2.02. The van der Waals surface area contributed by atoms with E-state index < -0.39 is 0 Å². The van der Waals surface area contributed by atoms with Crippen LogP contribution in [0.2, 0.25) is 0 Å². The van der Waals surface area contributed by atoms with E-state index in [1.165, 1.54) is 5.57 Å². The molecule has 13 heavy (non-hydrogen) atoms. The second-order valence-electron chi connectivity index (χ2n) is 3.16. The first-order valence-corrected chi connectivity index (χ1v) is 4.57. The molecule has 0 aromatic carbocycles. The topological polar surface area (TPSA) is 17.1 Å². The van der Waals surface area contributed by atoms with E-state index in [9.17, 15) is 4.79 Å². The molecule has 0 saturated carbocycles. The van der Waals surface area contributed by atoms with Crippen LogP contribution in [0.4, 0.5) is 0 Å². The fraction of sp³-hybridized carbons (Fsp3) is 0.333. The molecule has 0 N–H and O–H groups in total. The van der Waals surface area contributed by atoms with Crippen molar-refractivity contribution < 1.29 is 4.79 Å². The maximum Gasteiger partial charge on any atom is 0.158 e. The van der Waals surface area contributed by atoms with Crippen molar-refractivity contribution in [3.05, 3.63) is 40.7 Å². The van der Waals surface area contributed by atoms with Crippen molar-refractivity contribution in [1.82, 2.24) is 0 Å². The summed E-state index contributed by atoms with van der Waals surface area (Å²) in [5.74, 6) is 0. The van der Waals surface area contributed by atoms with Crippen LogP contribution in [0.1, 0.15) is 26.7 Å². The van der Waals surface area contributed by atoms with Gasteiger partial charge in [-0.25, -0.2) is 0 Å². The zero-order valence-electron chi connectivity index (χ0n) is 8.13. The number of hydrogen-bond acceptors (Lipinski definition) is 1. The zero-order chi connectivity index (χ0) is 9.68. The molecule has 0 bridgehead atoms. The van der Waals surface area contributed by atoms with Gasteiger partial charge in [0.15, 0.2) is 6.29 Å². The summed E-state index contributed by atoms with van der Waals surface area (Å²) in [6.45, 7) is 4.09. The second kappa shape index (κ2) is 4.64. The van der Waals surface area contributed by atoms with Gasteiger partial charge in [0.1, 0.15) is 0 Å². The van der Waals surface area contributed by atoms with Gasteiger partial charge in [-0.05, 0) is 30.6 Å². The first kappa shape index (κ1) is 9.76. The molecule has 0 spiro atoms. The molecule has 0 atom stereocenters. The van der Waals surface area contributed by atoms with Gasteiger partial charge in [0.25, 0.3) is 0 Å². The van der Waals surface area contributed by atoms with Crippen LogP contribution in [-0.2, 0) is 4.79 Å². The SMILES string of the molecule is CCCC1=CC=C=C(C=O)C(C)=C1. The van der Waals surface area contributed by atoms with Crippen LogP contribution < -0.4 is 0 Å². The summed E-state index contributed by atoms with van der Waals surface area (Å²) in [5, 5.41) is 0. The van der Waals surface area contributed by atoms with Crippen molar-refractivity contribution in [2.45, 2.75) is 26.7 Å². The molecule has 1 aliphatic carbocycles. The largest absolute Gasteiger partial charge is 0.297 e. The number of carbonyl (C=O) groups is 1. The number of allylic oxidation sites excluding steroid dienone is 5. The minimum Gasteiger partial charge on any atom is -0.297 e. The van der Waals surface area contributed by atoms with Crippen molar-refractivity contribution >= 4 is 6.29 Å². The molecule has 0 amide bonds. The molecule has 0 unspecified atom stereocenters. The Hall–Kier alpha value is -1.33. The molecule has 1 aliphatic rings. The Labute approximate surface area is 79.2 Å². The summed E-state index contributed by atoms with van der Waals surface area (Å²) in [4.78, 5) is 10.6. The summed E-state index contributed by atoms with van der Waals surface area (Å²) < 4.78 is 0. The van der Waals surface area contributed by atoms with Crippen LogP contribution in [0.3, 0.4) is 0 Å². The van der Waals surface area contributed by atoms with E-state index in [1.54, 1.807) is 0 Å². The summed E-state index contributed by atoms with van der Waals surface area (Å²) >= 11 is 0. The highest BCUT2D eigenvalue weighted by atomic mass is 16.1. The molecule has 0 radical (unpaired) electrons. The standard InChI is InChI=1S/C12H14O/c1-3-5-11-6-4-7-12(9-13)10(2)8-11/h4,6,8-9H,3,5H2,1-2H3. The predicted octanol–water partition coefficient (Wildman–Crippen LogP) is 2.95. The van der Waals surface area contributed by atoms with Crippen LogP contribution in [0.5, 0.6) is 0 Å². The van der Waals surface area contributed by atoms with E-state index >= 15 is 0 Å². The van der Waals surface area contributed by atoms with E-state index in [4.69, 9.17) is 0 Å². The third kappa shape index (κ3) is 2.57. The fourth-order valence-corrected chi connectivity index (χ4v) is 1.33. The maximum absolute atomic E-state index is 10.6. The molecule has 0 aromatic rings. The molecule has 0 aromatic heterocycles. The first-order valence-electron chi connectivity index (χ1n) is 4.57. The quantitative estimate of drug-likeness (QED) is 0.475. The van der Waals surface area contributed by atoms with Crippen molar-refractivity contribution in [3.63, 3.8) is 0 Å². The smallest absolute Gasteiger partial charge is 0.158 e. The molecule has 0 heterocycles. The Morgan fingerprint density at radius 2 is 2.31 bits per heavy atom. The highest BCUT2D eigenvalue weighted by Crippen LogP contribution is 2.16. The first-order chi connectivity index (χ1) is 6.27. The number of carbonyl (C=O) groups excluding carboxylic acids is 1. The van der Waals surface area contributed by atoms with Crippen LogP contribution in [0, 0.1) is 0 Å². The molecule has 0 saturated heterocycles. The highest BCUT2D eigenvalue weighted by Gasteiger charge is 2.00. The third-order valence-electron chi connectivity index (χ3n) is 2.02. The van der Waals surface area contributed by atoms with Gasteiger partial charge in [-0.1, -0.05) is 25.5 Å². The summed E-state index contributed by atoms with van der Waals surface area (Å²) in [7, 11) is 0. The summed E-state index contributed by atoms with van der Waals surface area (Å²) in [6, 6.07) is 0. The van der Waals surface area contributed by atoms with Gasteiger partial charge in [-0.3, -0.25) is 4.79 Å². The van der Waals surface area contributed by atoms with Crippen molar-refractivity contribution in [2.24, 2.45) is 0 Å². The molecule has 1 nitrogen and oxygen atoms in total. The van der Waals surface area contributed by atoms with Gasteiger partial charge in [0.2, 0.25) is 0 Å². The number of aldehydes is 1. The van der Waals surface area contributed by atoms with E-state index in [2.05, 4.69) is 18.7 Å².